The average molecular weight is 324 g/mol. The van der Waals surface area contributed by atoms with Crippen LogP contribution in [-0.2, 0) is 0 Å². The molecular formula is C16H8N2O2S2. The summed E-state index contributed by atoms with van der Waals surface area (Å²) in [5.41, 5.74) is 1.27. The number of allylic oxidation sites excluding steroid dienone is 1. The van der Waals surface area contributed by atoms with Crippen molar-refractivity contribution in [2.24, 2.45) is 0 Å². The maximum Gasteiger partial charge on any atom is 0.150 e. The fraction of sp³-hybridized carbons (Fsp3) is 0. The van der Waals surface area contributed by atoms with Crippen molar-refractivity contribution in [2.75, 3.05) is 0 Å². The third kappa shape index (κ3) is 2.29. The summed E-state index contributed by atoms with van der Waals surface area (Å²) in [5.74, 6) is 0.0658. The van der Waals surface area contributed by atoms with Gasteiger partial charge in [-0.3, -0.25) is 0 Å². The molecule has 0 aliphatic carbocycles. The highest BCUT2D eigenvalue weighted by molar-refractivity contribution is 8.24. The molecule has 4 nitrogen and oxygen atoms in total. The molecule has 2 N–H and O–H groups in total. The van der Waals surface area contributed by atoms with E-state index < -0.39 is 0 Å². The van der Waals surface area contributed by atoms with Crippen LogP contribution in [0.1, 0.15) is 0 Å². The molecule has 0 amide bonds. The molecule has 2 aromatic carbocycles. The van der Waals surface area contributed by atoms with Crippen molar-refractivity contribution in [3.63, 3.8) is 0 Å². The Morgan fingerprint density at radius 3 is 2.23 bits per heavy atom. The Morgan fingerprint density at radius 2 is 1.59 bits per heavy atom. The summed E-state index contributed by atoms with van der Waals surface area (Å²) >= 11 is 2.26. The van der Waals surface area contributed by atoms with Crippen LogP contribution in [0.4, 0.5) is 0 Å². The molecule has 3 rings (SSSR count). The second kappa shape index (κ2) is 5.69. The molecule has 1 aliphatic rings. The van der Waals surface area contributed by atoms with E-state index >= 15 is 0 Å². The Hall–Kier alpha value is -2.54. The van der Waals surface area contributed by atoms with Gasteiger partial charge >= 0.3 is 0 Å². The number of thioether (sulfide) groups is 2. The lowest BCUT2D eigenvalue weighted by Crippen LogP contribution is -1.83. The molecule has 0 fully saturated rings. The molecule has 0 atom stereocenters. The standard InChI is InChI=1S/C16H8N2O2S2/c17-7-10(8-18)16-21-14-12(19)6-11(13(20)15(14)22-16)9-4-2-1-3-5-9/h1-6,19-20H. The van der Waals surface area contributed by atoms with E-state index in [-0.39, 0.29) is 17.1 Å². The number of phenols is 2. The van der Waals surface area contributed by atoms with Crippen LogP contribution in [0.25, 0.3) is 11.1 Å². The number of hydrogen-bond acceptors (Lipinski definition) is 6. The average Bonchev–Trinajstić information content (AvgIpc) is 2.99. The van der Waals surface area contributed by atoms with Crippen LogP contribution in [0, 0.1) is 22.7 Å². The van der Waals surface area contributed by atoms with Gasteiger partial charge in [0, 0.05) is 5.56 Å². The molecule has 1 aliphatic heterocycles. The number of nitriles is 2. The molecule has 0 unspecified atom stereocenters. The fourth-order valence-corrected chi connectivity index (χ4v) is 4.50. The number of hydrogen-bond donors (Lipinski definition) is 2. The first-order valence-electron chi connectivity index (χ1n) is 6.20. The van der Waals surface area contributed by atoms with Crippen LogP contribution in [0.5, 0.6) is 11.5 Å². The van der Waals surface area contributed by atoms with E-state index in [9.17, 15) is 10.2 Å². The van der Waals surface area contributed by atoms with E-state index in [0.717, 1.165) is 29.1 Å². The van der Waals surface area contributed by atoms with E-state index in [1.54, 1.807) is 0 Å². The summed E-state index contributed by atoms with van der Waals surface area (Å²) in [7, 11) is 0. The van der Waals surface area contributed by atoms with E-state index in [1.807, 2.05) is 42.5 Å². The topological polar surface area (TPSA) is 88.0 Å². The van der Waals surface area contributed by atoms with Crippen molar-refractivity contribution in [1.29, 1.82) is 10.5 Å². The van der Waals surface area contributed by atoms with Crippen molar-refractivity contribution in [2.45, 2.75) is 9.79 Å². The number of rotatable bonds is 1. The lowest BCUT2D eigenvalue weighted by atomic mass is 10.0. The van der Waals surface area contributed by atoms with Crippen LogP contribution in [0.3, 0.4) is 0 Å². The lowest BCUT2D eigenvalue weighted by molar-refractivity contribution is 0.438. The Labute approximate surface area is 135 Å². The van der Waals surface area contributed by atoms with Gasteiger partial charge in [0.2, 0.25) is 0 Å². The first kappa shape index (κ1) is 14.4. The minimum Gasteiger partial charge on any atom is -0.507 e. The molecule has 0 bridgehead atoms. The third-order valence-electron chi connectivity index (χ3n) is 3.09. The molecule has 0 saturated carbocycles. The number of benzene rings is 2. The van der Waals surface area contributed by atoms with Gasteiger partial charge in [-0.05, 0) is 11.6 Å². The van der Waals surface area contributed by atoms with Gasteiger partial charge in [0.05, 0.1) is 14.0 Å². The highest BCUT2D eigenvalue weighted by Gasteiger charge is 2.29. The fourth-order valence-electron chi connectivity index (χ4n) is 2.07. The van der Waals surface area contributed by atoms with Crippen LogP contribution in [0.15, 0.2) is 56.0 Å². The van der Waals surface area contributed by atoms with Crippen molar-refractivity contribution in [1.82, 2.24) is 0 Å². The molecule has 106 valence electrons. The summed E-state index contributed by atoms with van der Waals surface area (Å²) < 4.78 is 0.468. The highest BCUT2D eigenvalue weighted by atomic mass is 32.2. The molecule has 1 heterocycles. The molecular weight excluding hydrogens is 316 g/mol. The minimum atomic E-state index is -0.0220. The highest BCUT2D eigenvalue weighted by Crippen LogP contribution is 2.60. The second-order valence-corrected chi connectivity index (χ2v) is 6.71. The van der Waals surface area contributed by atoms with Crippen LogP contribution >= 0.6 is 23.5 Å². The Balaban J connectivity index is 2.17. The predicted molar refractivity (Wildman–Crippen MR) is 85.2 cm³/mol. The zero-order valence-electron chi connectivity index (χ0n) is 11.1. The van der Waals surface area contributed by atoms with Gasteiger partial charge < -0.3 is 10.2 Å². The maximum absolute atomic E-state index is 10.5. The molecule has 0 radical (unpaired) electrons. The van der Waals surface area contributed by atoms with E-state index in [2.05, 4.69) is 0 Å². The van der Waals surface area contributed by atoms with Crippen molar-refractivity contribution in [3.05, 3.63) is 46.2 Å². The Kier molecular flexibility index (Phi) is 3.72. The van der Waals surface area contributed by atoms with Gasteiger partial charge in [0.15, 0.2) is 0 Å². The van der Waals surface area contributed by atoms with Crippen LogP contribution in [-0.4, -0.2) is 10.2 Å². The summed E-state index contributed by atoms with van der Waals surface area (Å²) in [6.45, 7) is 0. The maximum atomic E-state index is 10.5. The van der Waals surface area contributed by atoms with E-state index in [1.165, 1.54) is 6.07 Å². The summed E-state index contributed by atoms with van der Waals surface area (Å²) in [6.07, 6.45) is 0. The Morgan fingerprint density at radius 1 is 0.955 bits per heavy atom. The first-order valence-corrected chi connectivity index (χ1v) is 7.83. The number of fused-ring (bicyclic) bond motifs is 1. The monoisotopic (exact) mass is 324 g/mol. The third-order valence-corrected chi connectivity index (χ3v) is 5.72. The number of nitrogens with zero attached hydrogens (tertiary/aromatic N) is 2. The first-order chi connectivity index (χ1) is 10.7. The molecule has 0 saturated heterocycles. The van der Waals surface area contributed by atoms with Crippen molar-refractivity contribution in [3.8, 4) is 34.8 Å². The Bertz CT molecular complexity index is 862. The summed E-state index contributed by atoms with van der Waals surface area (Å²) in [5, 5.41) is 38.6. The van der Waals surface area contributed by atoms with Crippen molar-refractivity contribution < 1.29 is 10.2 Å². The number of aromatic hydroxyl groups is 2. The van der Waals surface area contributed by atoms with E-state index in [0.29, 0.717) is 19.6 Å². The molecule has 6 heteroatoms. The zero-order valence-corrected chi connectivity index (χ0v) is 12.7. The quantitative estimate of drug-likeness (QED) is 0.603. The second-order valence-electron chi connectivity index (χ2n) is 4.41. The van der Waals surface area contributed by atoms with Gasteiger partial charge in [-0.15, -0.1) is 0 Å². The largest absolute Gasteiger partial charge is 0.507 e. The lowest BCUT2D eigenvalue weighted by Gasteiger charge is -2.10. The molecule has 0 aromatic heterocycles. The van der Waals surface area contributed by atoms with Crippen molar-refractivity contribution >= 4 is 23.5 Å². The van der Waals surface area contributed by atoms with Gasteiger partial charge in [-0.25, -0.2) is 0 Å². The van der Waals surface area contributed by atoms with Crippen LogP contribution in [0.2, 0.25) is 0 Å². The smallest absolute Gasteiger partial charge is 0.150 e. The van der Waals surface area contributed by atoms with E-state index in [4.69, 9.17) is 10.5 Å². The number of phenolic OH excluding ortho intramolecular Hbond substituents is 2. The van der Waals surface area contributed by atoms with Crippen LogP contribution < -0.4 is 0 Å². The van der Waals surface area contributed by atoms with Gasteiger partial charge in [0.25, 0.3) is 0 Å². The SMILES string of the molecule is N#CC(C#N)=C1Sc2c(O)cc(-c3ccccc3)c(O)c2S1. The van der Waals surface area contributed by atoms with Gasteiger partial charge in [0.1, 0.15) is 29.2 Å². The van der Waals surface area contributed by atoms with Gasteiger partial charge in [-0.1, -0.05) is 53.9 Å². The predicted octanol–water partition coefficient (Wildman–Crippen LogP) is 4.22. The molecule has 2 aromatic rings. The molecule has 22 heavy (non-hydrogen) atoms. The summed E-state index contributed by atoms with van der Waals surface area (Å²) in [4.78, 5) is 0.946. The normalized spacial score (nSPS) is 12.4. The molecule has 0 spiro atoms. The minimum absolute atomic E-state index is 0.0220. The summed E-state index contributed by atoms with van der Waals surface area (Å²) in [6, 6.07) is 14.4. The van der Waals surface area contributed by atoms with Gasteiger partial charge in [-0.2, -0.15) is 10.5 Å². The zero-order chi connectivity index (χ0) is 15.7.